The average molecular weight is 334 g/mol. The molecule has 0 bridgehead atoms. The molecule has 0 saturated heterocycles. The van der Waals surface area contributed by atoms with Gasteiger partial charge in [0.1, 0.15) is 0 Å². The van der Waals surface area contributed by atoms with Crippen molar-refractivity contribution in [3.8, 4) is 0 Å². The lowest BCUT2D eigenvalue weighted by molar-refractivity contribution is -0.443. The summed E-state index contributed by atoms with van der Waals surface area (Å²) in [5.74, 6) is 1.74. The second-order valence-corrected chi connectivity index (χ2v) is 6.04. The van der Waals surface area contributed by atoms with Crippen molar-refractivity contribution in [3.05, 3.63) is 40.7 Å². The van der Waals surface area contributed by atoms with Crippen LogP contribution in [0.3, 0.4) is 0 Å². The molecular formula is C13H17Cl2N3OS. The van der Waals surface area contributed by atoms with Crippen molar-refractivity contribution < 1.29 is 22.6 Å². The Balaban J connectivity index is 0.00000200. The topological polar surface area (TPSA) is 66.6 Å². The third kappa shape index (κ3) is 4.66. The molecule has 1 atom stereocenters. The van der Waals surface area contributed by atoms with Crippen molar-refractivity contribution in [2.75, 3.05) is 0 Å². The summed E-state index contributed by atoms with van der Waals surface area (Å²) >= 11 is 7.44. The molecule has 0 radical (unpaired) electrons. The smallest absolute Gasteiger partial charge is 0.277 e. The number of thioether (sulfide) groups is 1. The van der Waals surface area contributed by atoms with E-state index in [1.807, 2.05) is 24.3 Å². The molecule has 20 heavy (non-hydrogen) atoms. The van der Waals surface area contributed by atoms with Gasteiger partial charge < -0.3 is 22.6 Å². The highest BCUT2D eigenvalue weighted by Crippen LogP contribution is 2.25. The number of benzene rings is 1. The SMILES string of the molecule is CC(C)[C@H]([NH3+])c1nnc(SCc2cccc(Cl)c2)o1.[Cl-]. The van der Waals surface area contributed by atoms with Gasteiger partial charge in [-0.2, -0.15) is 0 Å². The minimum atomic E-state index is 0. The fraction of sp³-hybridized carbons (Fsp3) is 0.385. The zero-order valence-electron chi connectivity index (χ0n) is 11.3. The summed E-state index contributed by atoms with van der Waals surface area (Å²) in [6.45, 7) is 4.17. The zero-order chi connectivity index (χ0) is 13.8. The van der Waals surface area contributed by atoms with Crippen molar-refractivity contribution in [1.29, 1.82) is 0 Å². The van der Waals surface area contributed by atoms with E-state index in [-0.39, 0.29) is 18.4 Å². The summed E-state index contributed by atoms with van der Waals surface area (Å²) in [4.78, 5) is 0. The van der Waals surface area contributed by atoms with E-state index in [0.717, 1.165) is 16.3 Å². The lowest BCUT2D eigenvalue weighted by atomic mass is 10.1. The first kappa shape index (κ1) is 17.3. The summed E-state index contributed by atoms with van der Waals surface area (Å²) in [5.41, 5.74) is 5.16. The van der Waals surface area contributed by atoms with Crippen molar-refractivity contribution >= 4 is 23.4 Å². The van der Waals surface area contributed by atoms with Crippen molar-refractivity contribution in [3.63, 3.8) is 0 Å². The van der Waals surface area contributed by atoms with E-state index in [1.54, 1.807) is 0 Å². The summed E-state index contributed by atoms with van der Waals surface area (Å²) in [7, 11) is 0. The molecule has 1 aromatic carbocycles. The Morgan fingerprint density at radius 1 is 1.35 bits per heavy atom. The molecule has 0 saturated carbocycles. The van der Waals surface area contributed by atoms with Crippen LogP contribution in [0.1, 0.15) is 31.3 Å². The number of halogens is 2. The molecule has 0 spiro atoms. The minimum absolute atomic E-state index is 0. The molecule has 0 amide bonds. The van der Waals surface area contributed by atoms with E-state index in [4.69, 9.17) is 16.0 Å². The molecule has 110 valence electrons. The monoisotopic (exact) mass is 333 g/mol. The first-order valence-electron chi connectivity index (χ1n) is 6.10. The molecule has 0 aliphatic carbocycles. The lowest BCUT2D eigenvalue weighted by Crippen LogP contribution is -3.00. The zero-order valence-corrected chi connectivity index (χ0v) is 13.7. The fourth-order valence-corrected chi connectivity index (χ4v) is 2.41. The molecule has 2 aromatic rings. The molecular weight excluding hydrogens is 317 g/mol. The van der Waals surface area contributed by atoms with Crippen LogP contribution in [0.4, 0.5) is 0 Å². The third-order valence-electron chi connectivity index (χ3n) is 2.80. The summed E-state index contributed by atoms with van der Waals surface area (Å²) in [5, 5.41) is 9.38. The second-order valence-electron chi connectivity index (χ2n) is 4.68. The Morgan fingerprint density at radius 2 is 2.10 bits per heavy atom. The lowest BCUT2D eigenvalue weighted by Gasteiger charge is -2.05. The predicted molar refractivity (Wildman–Crippen MR) is 75.8 cm³/mol. The van der Waals surface area contributed by atoms with Gasteiger partial charge in [0, 0.05) is 16.7 Å². The highest BCUT2D eigenvalue weighted by molar-refractivity contribution is 7.98. The number of nitrogens with zero attached hydrogens (tertiary/aromatic N) is 2. The van der Waals surface area contributed by atoms with E-state index in [0.29, 0.717) is 17.0 Å². The van der Waals surface area contributed by atoms with Gasteiger partial charge in [-0.1, -0.05) is 49.3 Å². The Bertz CT molecular complexity index is 548. The van der Waals surface area contributed by atoms with Gasteiger partial charge in [-0.3, -0.25) is 0 Å². The molecule has 7 heteroatoms. The van der Waals surface area contributed by atoms with Gasteiger partial charge in [-0.15, -0.1) is 10.2 Å². The molecule has 0 aliphatic rings. The highest BCUT2D eigenvalue weighted by atomic mass is 35.5. The number of hydrogen-bond donors (Lipinski definition) is 1. The van der Waals surface area contributed by atoms with Crippen LogP contribution < -0.4 is 18.1 Å². The van der Waals surface area contributed by atoms with Crippen LogP contribution in [0, 0.1) is 5.92 Å². The van der Waals surface area contributed by atoms with Crippen LogP contribution in [-0.4, -0.2) is 10.2 Å². The Morgan fingerprint density at radius 3 is 2.75 bits per heavy atom. The highest BCUT2D eigenvalue weighted by Gasteiger charge is 2.21. The first-order chi connectivity index (χ1) is 9.06. The van der Waals surface area contributed by atoms with Crippen LogP contribution >= 0.6 is 23.4 Å². The molecule has 0 fully saturated rings. The van der Waals surface area contributed by atoms with Gasteiger partial charge in [0.05, 0.1) is 0 Å². The Hall–Kier alpha value is -0.750. The molecule has 1 heterocycles. The predicted octanol–water partition coefficient (Wildman–Crippen LogP) is -0.0417. The molecule has 3 N–H and O–H groups in total. The summed E-state index contributed by atoms with van der Waals surface area (Å²) < 4.78 is 5.60. The second kappa shape index (κ2) is 7.88. The number of quaternary nitrogens is 1. The van der Waals surface area contributed by atoms with Crippen LogP contribution in [0.15, 0.2) is 33.9 Å². The van der Waals surface area contributed by atoms with E-state index in [1.165, 1.54) is 11.8 Å². The minimum Gasteiger partial charge on any atom is -1.00 e. The van der Waals surface area contributed by atoms with Crippen LogP contribution in [0.2, 0.25) is 5.02 Å². The largest absolute Gasteiger partial charge is 1.00 e. The van der Waals surface area contributed by atoms with Gasteiger partial charge in [0.15, 0.2) is 6.04 Å². The fourth-order valence-electron chi connectivity index (χ4n) is 1.49. The Labute approximate surface area is 133 Å². The summed E-state index contributed by atoms with van der Waals surface area (Å²) in [6.07, 6.45) is 0. The molecule has 0 aliphatic heterocycles. The maximum absolute atomic E-state index is 5.94. The van der Waals surface area contributed by atoms with Crippen molar-refractivity contribution in [1.82, 2.24) is 10.2 Å². The van der Waals surface area contributed by atoms with Crippen LogP contribution in [0.25, 0.3) is 0 Å². The van der Waals surface area contributed by atoms with Gasteiger partial charge in [0.2, 0.25) is 0 Å². The maximum atomic E-state index is 5.94. The maximum Gasteiger partial charge on any atom is 0.277 e. The van der Waals surface area contributed by atoms with Gasteiger partial charge in [0.25, 0.3) is 11.1 Å². The van der Waals surface area contributed by atoms with E-state index in [9.17, 15) is 0 Å². The van der Waals surface area contributed by atoms with E-state index >= 15 is 0 Å². The number of rotatable bonds is 5. The number of hydrogen-bond acceptors (Lipinski definition) is 4. The third-order valence-corrected chi connectivity index (χ3v) is 3.92. The normalized spacial score (nSPS) is 12.2. The van der Waals surface area contributed by atoms with Crippen molar-refractivity contribution in [2.24, 2.45) is 5.92 Å². The average Bonchev–Trinajstić information content (AvgIpc) is 2.84. The molecule has 1 aromatic heterocycles. The van der Waals surface area contributed by atoms with E-state index in [2.05, 4.69) is 29.8 Å². The molecule has 0 unspecified atom stereocenters. The molecule has 2 rings (SSSR count). The molecule has 4 nitrogen and oxygen atoms in total. The van der Waals surface area contributed by atoms with Gasteiger partial charge in [-0.05, 0) is 17.7 Å². The van der Waals surface area contributed by atoms with E-state index < -0.39 is 0 Å². The quantitative estimate of drug-likeness (QED) is 0.779. The van der Waals surface area contributed by atoms with Crippen molar-refractivity contribution in [2.45, 2.75) is 30.9 Å². The van der Waals surface area contributed by atoms with Gasteiger partial charge in [-0.25, -0.2) is 0 Å². The standard InChI is InChI=1S/C13H16ClN3OS.ClH/c1-8(2)11(15)12-16-17-13(18-12)19-7-9-4-3-5-10(14)6-9;/h3-6,8,11H,7,15H2,1-2H3;1H/t11-;/m0./s1. The first-order valence-corrected chi connectivity index (χ1v) is 7.46. The Kier molecular flexibility index (Phi) is 6.82. The number of aromatic nitrogens is 2. The van der Waals surface area contributed by atoms with Crippen LogP contribution in [-0.2, 0) is 5.75 Å². The summed E-state index contributed by atoms with van der Waals surface area (Å²) in [6, 6.07) is 7.78. The van der Waals surface area contributed by atoms with Crippen LogP contribution in [0.5, 0.6) is 0 Å². The van der Waals surface area contributed by atoms with Gasteiger partial charge >= 0.3 is 0 Å².